The van der Waals surface area contributed by atoms with E-state index in [-0.39, 0.29) is 0 Å². The van der Waals surface area contributed by atoms with E-state index in [9.17, 15) is 0 Å². The Morgan fingerprint density at radius 2 is 1.07 bits per heavy atom. The SMILES string of the molecule is CC(C)C1CC2C=CC1C2.CC1(C)CC2C=CC1C2.CC1CC2C=CC1C2.CC1CCC2C3C=CC(C3)C2C1.CCC1(C)CC2C=CC1C2.CCCC1CC2C=CC1C2. The first-order valence-corrected chi connectivity index (χ1v) is 26.4. The van der Waals surface area contributed by atoms with E-state index in [1.807, 2.05) is 0 Å². The molecule has 0 aromatic heterocycles. The molecule has 0 saturated heterocycles. The molecular weight excluding hydrogens is 709 g/mol. The highest BCUT2D eigenvalue weighted by atomic mass is 14.5. The lowest BCUT2D eigenvalue weighted by Gasteiger charge is -2.35. The Bertz CT molecular complexity index is 1560. The molecule has 19 unspecified atom stereocenters. The summed E-state index contributed by atoms with van der Waals surface area (Å²) < 4.78 is 0. The van der Waals surface area contributed by atoms with Crippen molar-refractivity contribution in [2.75, 3.05) is 0 Å². The van der Waals surface area contributed by atoms with Crippen LogP contribution in [0.3, 0.4) is 0 Å². The Kier molecular flexibility index (Phi) is 13.9. The summed E-state index contributed by atoms with van der Waals surface area (Å²) in [5.41, 5.74) is 1.29. The van der Waals surface area contributed by atoms with Crippen LogP contribution < -0.4 is 0 Å². The van der Waals surface area contributed by atoms with Gasteiger partial charge < -0.3 is 0 Å². The smallest absolute Gasteiger partial charge is 0.0174 e. The summed E-state index contributed by atoms with van der Waals surface area (Å²) in [6.45, 7) is 21.4. The van der Waals surface area contributed by atoms with Crippen molar-refractivity contribution in [1.82, 2.24) is 0 Å². The summed E-state index contributed by atoms with van der Waals surface area (Å²) in [4.78, 5) is 0. The highest BCUT2D eigenvalue weighted by Gasteiger charge is 2.47. The van der Waals surface area contributed by atoms with Crippen LogP contribution in [-0.2, 0) is 0 Å². The second-order valence-electron chi connectivity index (χ2n) is 24.8. The van der Waals surface area contributed by atoms with Crippen molar-refractivity contribution in [3.05, 3.63) is 72.9 Å². The molecule has 13 aliphatic carbocycles. The van der Waals surface area contributed by atoms with Crippen molar-refractivity contribution in [1.29, 1.82) is 0 Å². The predicted octanol–water partition coefficient (Wildman–Crippen LogP) is 16.9. The van der Waals surface area contributed by atoms with Crippen molar-refractivity contribution in [3.63, 3.8) is 0 Å². The van der Waals surface area contributed by atoms with E-state index in [2.05, 4.69) is 135 Å². The first-order chi connectivity index (χ1) is 28.3. The molecule has 0 aliphatic heterocycles. The van der Waals surface area contributed by atoms with E-state index in [1.165, 1.54) is 109 Å². The zero-order chi connectivity index (χ0) is 41.5. The fourth-order valence-corrected chi connectivity index (χ4v) is 16.0. The highest BCUT2D eigenvalue weighted by Crippen LogP contribution is 2.56. The molecule has 328 valence electrons. The van der Waals surface area contributed by atoms with Crippen molar-refractivity contribution in [2.24, 2.45) is 123 Å². The number of hydrogen-bond donors (Lipinski definition) is 0. The Hall–Kier alpha value is -1.56. The summed E-state index contributed by atoms with van der Waals surface area (Å²) in [6, 6.07) is 0. The summed E-state index contributed by atoms with van der Waals surface area (Å²) >= 11 is 0. The zero-order valence-electron chi connectivity index (χ0n) is 39.9. The van der Waals surface area contributed by atoms with Crippen LogP contribution in [0.2, 0.25) is 0 Å². The third-order valence-electron chi connectivity index (χ3n) is 19.9. The van der Waals surface area contributed by atoms with Crippen molar-refractivity contribution >= 4 is 0 Å². The first kappa shape index (κ1) is 44.1. The molecular formula is C59H92. The zero-order valence-corrected chi connectivity index (χ0v) is 39.9. The Morgan fingerprint density at radius 3 is 1.44 bits per heavy atom. The topological polar surface area (TPSA) is 0 Å². The number of rotatable bonds is 4. The van der Waals surface area contributed by atoms with E-state index in [1.54, 1.807) is 0 Å². The Morgan fingerprint density at radius 1 is 0.492 bits per heavy atom. The van der Waals surface area contributed by atoms with Gasteiger partial charge in [-0.15, -0.1) is 0 Å². The molecule has 0 N–H and O–H groups in total. The first-order valence-electron chi connectivity index (χ1n) is 26.4. The van der Waals surface area contributed by atoms with E-state index >= 15 is 0 Å². The predicted molar refractivity (Wildman–Crippen MR) is 256 cm³/mol. The van der Waals surface area contributed by atoms with Gasteiger partial charge in [0.25, 0.3) is 0 Å². The van der Waals surface area contributed by atoms with Gasteiger partial charge in [-0.25, -0.2) is 0 Å². The number of allylic oxidation sites excluding steroid dienone is 12. The van der Waals surface area contributed by atoms with Crippen molar-refractivity contribution in [3.8, 4) is 0 Å². The summed E-state index contributed by atoms with van der Waals surface area (Å²) in [7, 11) is 0. The van der Waals surface area contributed by atoms with Gasteiger partial charge in [0, 0.05) is 0 Å². The maximum Gasteiger partial charge on any atom is -0.0174 e. The summed E-state index contributed by atoms with van der Waals surface area (Å²) in [5, 5.41) is 0. The van der Waals surface area contributed by atoms with Gasteiger partial charge >= 0.3 is 0 Å². The molecule has 12 bridgehead atoms. The van der Waals surface area contributed by atoms with Gasteiger partial charge in [-0.3, -0.25) is 0 Å². The average Bonchev–Trinajstić information content (AvgIpc) is 4.07. The molecule has 0 aromatic rings. The maximum absolute atomic E-state index is 2.50. The lowest BCUT2D eigenvalue weighted by molar-refractivity contribution is 0.176. The molecule has 7 fully saturated rings. The average molecular weight is 801 g/mol. The van der Waals surface area contributed by atoms with Gasteiger partial charge in [-0.05, 0) is 207 Å². The lowest BCUT2D eigenvalue weighted by atomic mass is 9.70. The molecule has 0 spiro atoms. The molecule has 19 atom stereocenters. The fraction of sp³-hybridized carbons (Fsp3) is 0.797. The van der Waals surface area contributed by atoms with Gasteiger partial charge in [0.15, 0.2) is 0 Å². The van der Waals surface area contributed by atoms with Crippen LogP contribution in [0.25, 0.3) is 0 Å². The number of fused-ring (bicyclic) bond motifs is 15. The third kappa shape index (κ3) is 9.98. The fourth-order valence-electron chi connectivity index (χ4n) is 16.0. The van der Waals surface area contributed by atoms with E-state index in [0.29, 0.717) is 10.8 Å². The molecule has 0 amide bonds. The van der Waals surface area contributed by atoms with Crippen molar-refractivity contribution in [2.45, 2.75) is 171 Å². The monoisotopic (exact) mass is 801 g/mol. The Labute approximate surface area is 366 Å². The second-order valence-corrected chi connectivity index (χ2v) is 24.8. The molecule has 59 heavy (non-hydrogen) atoms. The molecule has 0 aromatic carbocycles. The molecule has 13 rings (SSSR count). The molecule has 0 heterocycles. The Balaban J connectivity index is 0.0000000988. The minimum atomic E-state index is 0.624. The normalized spacial score (nSPS) is 48.3. The third-order valence-corrected chi connectivity index (χ3v) is 19.9. The van der Waals surface area contributed by atoms with Crippen LogP contribution in [-0.4, -0.2) is 0 Å². The minimum Gasteiger partial charge on any atom is -0.0851 e. The quantitative estimate of drug-likeness (QED) is 0.249. The lowest BCUT2D eigenvalue weighted by Crippen LogP contribution is -2.26. The number of hydrogen-bond acceptors (Lipinski definition) is 0. The standard InChI is InChI=1S/C12H18.3C10H16.C9H14.C8H12/c1-8-2-5-11-9-3-4-10(7-9)12(11)6-8;1-7(2)10-6-8-3-4-9(10)5-8;1-3-10(2)7-8-4-5-9(10)6-8;1-2-3-9-6-8-4-5-10(9)7-8;1-9(2)6-7-3-4-8(9)5-7;1-6-4-7-2-3-8(6)5-7/h3-4,8-12H,2,5-7H2,1H3;3-4,7-10H,5-6H2,1-2H3;4-5,8-9H,3,6-7H2,1-2H3;4-5,8-10H,2-3,6-7H2,1H3;3-4,7-8H,5-6H2,1-2H3;2-3,6-8H,4-5H2,1H3. The van der Waals surface area contributed by atoms with E-state index in [0.717, 1.165) is 112 Å². The van der Waals surface area contributed by atoms with Crippen LogP contribution in [0.15, 0.2) is 72.9 Å². The van der Waals surface area contributed by atoms with Crippen LogP contribution in [0.5, 0.6) is 0 Å². The van der Waals surface area contributed by atoms with E-state index < -0.39 is 0 Å². The van der Waals surface area contributed by atoms with E-state index in [4.69, 9.17) is 0 Å². The van der Waals surface area contributed by atoms with Gasteiger partial charge in [0.1, 0.15) is 0 Å². The highest BCUT2D eigenvalue weighted by molar-refractivity contribution is 5.16. The van der Waals surface area contributed by atoms with Crippen LogP contribution >= 0.6 is 0 Å². The van der Waals surface area contributed by atoms with Gasteiger partial charge in [-0.2, -0.15) is 0 Å². The molecule has 13 aliphatic rings. The van der Waals surface area contributed by atoms with Crippen LogP contribution in [0.4, 0.5) is 0 Å². The molecule has 0 radical (unpaired) electrons. The minimum absolute atomic E-state index is 0.624. The van der Waals surface area contributed by atoms with Crippen LogP contribution in [0, 0.1) is 123 Å². The maximum atomic E-state index is 2.50. The van der Waals surface area contributed by atoms with Crippen LogP contribution in [0.1, 0.15) is 171 Å². The van der Waals surface area contributed by atoms with Gasteiger partial charge in [0.05, 0.1) is 0 Å². The van der Waals surface area contributed by atoms with Crippen molar-refractivity contribution < 1.29 is 0 Å². The largest absolute Gasteiger partial charge is 0.0851 e. The molecule has 0 nitrogen and oxygen atoms in total. The second kappa shape index (κ2) is 18.7. The van der Waals surface area contributed by atoms with Gasteiger partial charge in [-0.1, -0.05) is 161 Å². The molecule has 7 saturated carbocycles. The van der Waals surface area contributed by atoms with Gasteiger partial charge in [0.2, 0.25) is 0 Å². The summed E-state index contributed by atoms with van der Waals surface area (Å²) in [6.07, 6.45) is 54.0. The molecule has 0 heteroatoms. The summed E-state index contributed by atoms with van der Waals surface area (Å²) in [5.74, 6) is 18.6.